The number of nitrogens with zero attached hydrogens (tertiary/aromatic N) is 4. The van der Waals surface area contributed by atoms with Crippen molar-refractivity contribution in [1.29, 1.82) is 0 Å². The van der Waals surface area contributed by atoms with E-state index in [0.717, 1.165) is 41.7 Å². The van der Waals surface area contributed by atoms with Gasteiger partial charge in [0, 0.05) is 30.3 Å². The quantitative estimate of drug-likeness (QED) is 0.691. The van der Waals surface area contributed by atoms with Crippen LogP contribution < -0.4 is 10.2 Å². The molecule has 1 aliphatic rings. The van der Waals surface area contributed by atoms with Crippen molar-refractivity contribution >= 4 is 17.5 Å². The van der Waals surface area contributed by atoms with Gasteiger partial charge in [-0.1, -0.05) is 42.4 Å². The summed E-state index contributed by atoms with van der Waals surface area (Å²) in [5, 5.41) is 7.29. The van der Waals surface area contributed by atoms with Gasteiger partial charge in [-0.2, -0.15) is 0 Å². The minimum absolute atomic E-state index is 0.527. The molecule has 27 heavy (non-hydrogen) atoms. The number of aromatic nitrogens is 3. The number of nitrogens with one attached hydrogen (secondary N) is 1. The number of piperidine rings is 1. The van der Waals surface area contributed by atoms with Crippen LogP contribution in [0.4, 0.5) is 17.5 Å². The molecule has 1 aromatic carbocycles. The summed E-state index contributed by atoms with van der Waals surface area (Å²) in [6, 6.07) is 14.5. The van der Waals surface area contributed by atoms with Gasteiger partial charge in [-0.15, -0.1) is 0 Å². The Morgan fingerprint density at radius 2 is 1.96 bits per heavy atom. The standard InChI is InChI=1S/C21H25N5O/c1-3-17-11-7-8-12-26(17)20-14-18(22-19-13-15(2)27-25-19)23-21(24-20)16-9-5-4-6-10-16/h4-6,9-10,13-14,17H,3,7-8,11-12H2,1-2H3,(H,22,23,24,25). The van der Waals surface area contributed by atoms with Crippen molar-refractivity contribution in [2.45, 2.75) is 45.6 Å². The predicted molar refractivity (Wildman–Crippen MR) is 107 cm³/mol. The summed E-state index contributed by atoms with van der Waals surface area (Å²) in [4.78, 5) is 12.1. The van der Waals surface area contributed by atoms with Crippen LogP contribution in [0.2, 0.25) is 0 Å². The van der Waals surface area contributed by atoms with Crippen molar-refractivity contribution < 1.29 is 4.52 Å². The van der Waals surface area contributed by atoms with E-state index in [0.29, 0.717) is 11.9 Å². The Kier molecular flexibility index (Phi) is 5.05. The monoisotopic (exact) mass is 363 g/mol. The summed E-state index contributed by atoms with van der Waals surface area (Å²) in [6.45, 7) is 5.16. The highest BCUT2D eigenvalue weighted by Crippen LogP contribution is 2.29. The van der Waals surface area contributed by atoms with Gasteiger partial charge in [0.15, 0.2) is 11.6 Å². The third-order valence-corrected chi connectivity index (χ3v) is 5.02. The van der Waals surface area contributed by atoms with Crippen LogP contribution in [0.15, 0.2) is 47.0 Å². The molecule has 140 valence electrons. The summed E-state index contributed by atoms with van der Waals surface area (Å²) in [6.07, 6.45) is 4.82. The number of rotatable bonds is 5. The molecule has 2 aromatic heterocycles. The largest absolute Gasteiger partial charge is 0.360 e. The van der Waals surface area contributed by atoms with E-state index in [4.69, 9.17) is 14.5 Å². The van der Waals surface area contributed by atoms with Gasteiger partial charge in [-0.05, 0) is 32.6 Å². The van der Waals surface area contributed by atoms with Crippen molar-refractivity contribution in [3.8, 4) is 11.4 Å². The molecule has 0 radical (unpaired) electrons. The number of hydrogen-bond acceptors (Lipinski definition) is 6. The molecule has 0 spiro atoms. The lowest BCUT2D eigenvalue weighted by Gasteiger charge is -2.36. The lowest BCUT2D eigenvalue weighted by molar-refractivity contribution is 0.400. The van der Waals surface area contributed by atoms with E-state index < -0.39 is 0 Å². The van der Waals surface area contributed by atoms with E-state index in [1.165, 1.54) is 19.3 Å². The molecule has 1 fully saturated rings. The molecule has 3 aromatic rings. The lowest BCUT2D eigenvalue weighted by Crippen LogP contribution is -2.39. The zero-order chi connectivity index (χ0) is 18.6. The Labute approximate surface area is 159 Å². The Bertz CT molecular complexity index is 893. The van der Waals surface area contributed by atoms with Gasteiger partial charge in [-0.3, -0.25) is 0 Å². The molecular formula is C21H25N5O. The second-order valence-corrected chi connectivity index (χ2v) is 7.00. The van der Waals surface area contributed by atoms with Crippen LogP contribution in [0.1, 0.15) is 38.4 Å². The van der Waals surface area contributed by atoms with Crippen LogP contribution in [0.3, 0.4) is 0 Å². The van der Waals surface area contributed by atoms with Crippen molar-refractivity contribution in [3.05, 3.63) is 48.2 Å². The maximum atomic E-state index is 5.17. The SMILES string of the molecule is CCC1CCCCN1c1cc(Nc2cc(C)on2)nc(-c2ccccc2)n1. The summed E-state index contributed by atoms with van der Waals surface area (Å²) in [7, 11) is 0. The van der Waals surface area contributed by atoms with E-state index in [1.54, 1.807) is 0 Å². The van der Waals surface area contributed by atoms with Gasteiger partial charge in [0.05, 0.1) is 0 Å². The summed E-state index contributed by atoms with van der Waals surface area (Å²) in [5.41, 5.74) is 1.00. The van der Waals surface area contributed by atoms with Gasteiger partial charge < -0.3 is 14.7 Å². The first-order valence-electron chi connectivity index (χ1n) is 9.64. The van der Waals surface area contributed by atoms with E-state index in [9.17, 15) is 0 Å². The molecule has 1 atom stereocenters. The minimum Gasteiger partial charge on any atom is -0.360 e. The first-order chi connectivity index (χ1) is 13.2. The summed E-state index contributed by atoms with van der Waals surface area (Å²) >= 11 is 0. The van der Waals surface area contributed by atoms with Crippen molar-refractivity contribution in [2.75, 3.05) is 16.8 Å². The Hall–Kier alpha value is -2.89. The zero-order valence-corrected chi connectivity index (χ0v) is 15.9. The van der Waals surface area contributed by atoms with Gasteiger partial charge in [-0.25, -0.2) is 9.97 Å². The topological polar surface area (TPSA) is 67.1 Å². The third kappa shape index (κ3) is 3.94. The predicted octanol–water partition coefficient (Wildman–Crippen LogP) is 4.95. The van der Waals surface area contributed by atoms with Gasteiger partial charge in [0.25, 0.3) is 0 Å². The highest BCUT2D eigenvalue weighted by atomic mass is 16.5. The second kappa shape index (κ2) is 7.78. The fourth-order valence-electron chi connectivity index (χ4n) is 3.65. The second-order valence-electron chi connectivity index (χ2n) is 7.00. The number of hydrogen-bond donors (Lipinski definition) is 1. The van der Waals surface area contributed by atoms with E-state index >= 15 is 0 Å². The molecule has 4 rings (SSSR count). The fourth-order valence-corrected chi connectivity index (χ4v) is 3.65. The summed E-state index contributed by atoms with van der Waals surface area (Å²) < 4.78 is 5.17. The van der Waals surface area contributed by atoms with Crippen molar-refractivity contribution in [3.63, 3.8) is 0 Å². The van der Waals surface area contributed by atoms with E-state index in [-0.39, 0.29) is 0 Å². The maximum Gasteiger partial charge on any atom is 0.175 e. The van der Waals surface area contributed by atoms with E-state index in [1.807, 2.05) is 49.4 Å². The van der Waals surface area contributed by atoms with Gasteiger partial charge >= 0.3 is 0 Å². The molecule has 0 aliphatic carbocycles. The van der Waals surface area contributed by atoms with Crippen LogP contribution in [-0.2, 0) is 0 Å². The minimum atomic E-state index is 0.527. The number of benzene rings is 1. The molecular weight excluding hydrogens is 338 g/mol. The molecule has 0 bridgehead atoms. The van der Waals surface area contributed by atoms with Crippen LogP contribution in [0.25, 0.3) is 11.4 Å². The first-order valence-corrected chi connectivity index (χ1v) is 9.64. The fraction of sp³-hybridized carbons (Fsp3) is 0.381. The first kappa shape index (κ1) is 17.5. The van der Waals surface area contributed by atoms with Gasteiger partial charge in [0.1, 0.15) is 17.4 Å². The maximum absolute atomic E-state index is 5.17. The molecule has 6 heteroatoms. The van der Waals surface area contributed by atoms with Gasteiger partial charge in [0.2, 0.25) is 0 Å². The molecule has 6 nitrogen and oxygen atoms in total. The average Bonchev–Trinajstić information content (AvgIpc) is 3.13. The molecule has 1 unspecified atom stereocenters. The Morgan fingerprint density at radius 1 is 1.11 bits per heavy atom. The van der Waals surface area contributed by atoms with Crippen LogP contribution in [0.5, 0.6) is 0 Å². The Morgan fingerprint density at radius 3 is 2.70 bits per heavy atom. The zero-order valence-electron chi connectivity index (χ0n) is 15.9. The highest BCUT2D eigenvalue weighted by molar-refractivity contribution is 5.64. The molecule has 1 N–H and O–H groups in total. The number of aryl methyl sites for hydroxylation is 1. The van der Waals surface area contributed by atoms with Crippen LogP contribution >= 0.6 is 0 Å². The van der Waals surface area contributed by atoms with Crippen LogP contribution in [-0.4, -0.2) is 27.7 Å². The van der Waals surface area contributed by atoms with Crippen LogP contribution in [0, 0.1) is 6.92 Å². The Balaban J connectivity index is 1.74. The van der Waals surface area contributed by atoms with E-state index in [2.05, 4.69) is 22.3 Å². The smallest absolute Gasteiger partial charge is 0.175 e. The molecule has 3 heterocycles. The molecule has 1 aliphatic heterocycles. The molecule has 1 saturated heterocycles. The van der Waals surface area contributed by atoms with Crippen molar-refractivity contribution in [1.82, 2.24) is 15.1 Å². The highest BCUT2D eigenvalue weighted by Gasteiger charge is 2.23. The average molecular weight is 363 g/mol. The molecule has 0 amide bonds. The summed E-state index contributed by atoms with van der Waals surface area (Å²) in [5.74, 6) is 3.83. The normalized spacial score (nSPS) is 17.1. The van der Waals surface area contributed by atoms with Crippen molar-refractivity contribution in [2.24, 2.45) is 0 Å². The number of anilines is 3. The lowest BCUT2D eigenvalue weighted by atomic mass is 10.00. The third-order valence-electron chi connectivity index (χ3n) is 5.02. The molecule has 0 saturated carbocycles.